The van der Waals surface area contributed by atoms with Crippen LogP contribution in [0.25, 0.3) is 27.7 Å². The molecular weight excluding hydrogens is 390 g/mol. The van der Waals surface area contributed by atoms with Gasteiger partial charge in [-0.05, 0) is 35.9 Å². The number of aromatic nitrogens is 7. The van der Waals surface area contributed by atoms with Crippen LogP contribution in [-0.2, 0) is 6.42 Å². The summed E-state index contributed by atoms with van der Waals surface area (Å²) >= 11 is 0. The van der Waals surface area contributed by atoms with Gasteiger partial charge in [0.25, 0.3) is 0 Å². The van der Waals surface area contributed by atoms with Crippen LogP contribution in [0.1, 0.15) is 23.1 Å². The molecule has 1 fully saturated rings. The molecule has 2 N–H and O–H groups in total. The lowest BCUT2D eigenvalue weighted by Crippen LogP contribution is -2.43. The molecule has 1 aliphatic heterocycles. The zero-order valence-electron chi connectivity index (χ0n) is 16.6. The average molecular weight is 409 g/mol. The Bertz CT molecular complexity index is 1430. The first-order valence-electron chi connectivity index (χ1n) is 10.1. The van der Waals surface area contributed by atoms with Gasteiger partial charge in [-0.3, -0.25) is 9.67 Å². The average Bonchev–Trinajstić information content (AvgIpc) is 3.39. The number of nitrogens with zero attached hydrogens (tertiary/aromatic N) is 7. The Hall–Kier alpha value is -3.98. The number of benzene rings is 1. The first-order chi connectivity index (χ1) is 15.3. The predicted octanol–water partition coefficient (Wildman–Crippen LogP) is 2.27. The number of hydrogen-bond donors (Lipinski definition) is 2. The van der Waals surface area contributed by atoms with Gasteiger partial charge in [0.1, 0.15) is 5.69 Å². The zero-order valence-corrected chi connectivity index (χ0v) is 16.6. The van der Waals surface area contributed by atoms with Crippen LogP contribution in [0.15, 0.2) is 55.0 Å². The first kappa shape index (κ1) is 17.8. The van der Waals surface area contributed by atoms with Crippen molar-refractivity contribution >= 4 is 22.8 Å². The molecule has 0 aliphatic carbocycles. The molecule has 0 radical (unpaired) electrons. The van der Waals surface area contributed by atoms with Crippen molar-refractivity contribution in [2.75, 3.05) is 13.1 Å². The molecule has 0 bridgehead atoms. The minimum atomic E-state index is 0.438. The maximum atomic E-state index is 7.43. The summed E-state index contributed by atoms with van der Waals surface area (Å²) in [6, 6.07) is 12.4. The third-order valence-corrected chi connectivity index (χ3v) is 5.67. The van der Waals surface area contributed by atoms with Crippen LogP contribution < -0.4 is 5.32 Å². The molecule has 0 spiro atoms. The van der Waals surface area contributed by atoms with E-state index in [4.69, 9.17) is 5.41 Å². The lowest BCUT2D eigenvalue weighted by atomic mass is 10.0. The largest absolute Gasteiger partial charge is 0.312 e. The van der Waals surface area contributed by atoms with Gasteiger partial charge in [-0.1, -0.05) is 6.07 Å². The van der Waals surface area contributed by atoms with Gasteiger partial charge in [0.2, 0.25) is 0 Å². The molecule has 0 atom stereocenters. The highest BCUT2D eigenvalue weighted by Gasteiger charge is 2.19. The van der Waals surface area contributed by atoms with E-state index in [0.717, 1.165) is 46.5 Å². The minimum Gasteiger partial charge on any atom is -0.312 e. The fraction of sp³-hybridized carbons (Fsp3) is 0.182. The van der Waals surface area contributed by atoms with Gasteiger partial charge < -0.3 is 10.7 Å². The van der Waals surface area contributed by atoms with E-state index in [9.17, 15) is 0 Å². The lowest BCUT2D eigenvalue weighted by molar-refractivity contribution is 0.318. The van der Waals surface area contributed by atoms with Gasteiger partial charge in [0.05, 0.1) is 17.8 Å². The second kappa shape index (κ2) is 7.06. The van der Waals surface area contributed by atoms with Crippen molar-refractivity contribution in [2.45, 2.75) is 12.5 Å². The van der Waals surface area contributed by atoms with Crippen molar-refractivity contribution in [3.05, 3.63) is 72.1 Å². The minimum absolute atomic E-state index is 0.438. The summed E-state index contributed by atoms with van der Waals surface area (Å²) in [5, 5.41) is 29.2. The summed E-state index contributed by atoms with van der Waals surface area (Å²) in [6.07, 6.45) is 7.70. The van der Waals surface area contributed by atoms with Crippen LogP contribution >= 0.6 is 0 Å². The quantitative estimate of drug-likeness (QED) is 0.431. The summed E-state index contributed by atoms with van der Waals surface area (Å²) in [5.74, 6) is 0.734. The second-order valence-electron chi connectivity index (χ2n) is 7.74. The summed E-state index contributed by atoms with van der Waals surface area (Å²) in [7, 11) is 0. The molecule has 0 unspecified atom stereocenters. The van der Waals surface area contributed by atoms with Gasteiger partial charge in [-0.2, -0.15) is 14.7 Å². The normalized spacial score (nSPS) is 14.2. The monoisotopic (exact) mass is 409 g/mol. The topological polar surface area (TPSA) is 110 Å². The Balaban J connectivity index is 1.33. The van der Waals surface area contributed by atoms with Gasteiger partial charge in [0, 0.05) is 54.6 Å². The molecule has 5 heterocycles. The highest BCUT2D eigenvalue weighted by molar-refractivity contribution is 5.84. The molecule has 9 heteroatoms. The Kier molecular flexibility index (Phi) is 4.07. The van der Waals surface area contributed by atoms with Gasteiger partial charge in [0.15, 0.2) is 11.5 Å². The molecule has 1 aliphatic rings. The van der Waals surface area contributed by atoms with Crippen LogP contribution in [0.3, 0.4) is 0 Å². The first-order valence-corrected chi connectivity index (χ1v) is 10.1. The number of rotatable bonds is 5. The molecule has 5 aromatic rings. The third-order valence-electron chi connectivity index (χ3n) is 5.67. The second-order valence-corrected chi connectivity index (χ2v) is 7.74. The summed E-state index contributed by atoms with van der Waals surface area (Å²) in [5.41, 5.74) is 5.40. The maximum Gasteiger partial charge on any atom is 0.177 e. The highest BCUT2D eigenvalue weighted by Crippen LogP contribution is 2.25. The number of nitrogens with one attached hydrogen (secondary N) is 2. The van der Waals surface area contributed by atoms with Gasteiger partial charge >= 0.3 is 0 Å². The van der Waals surface area contributed by atoms with Crippen LogP contribution in [0.2, 0.25) is 0 Å². The van der Waals surface area contributed by atoms with Crippen LogP contribution in [0, 0.1) is 5.41 Å². The summed E-state index contributed by atoms with van der Waals surface area (Å²) in [4.78, 5) is 4.64. The summed E-state index contributed by atoms with van der Waals surface area (Å²) < 4.78 is 3.72. The molecule has 0 saturated carbocycles. The lowest BCUT2D eigenvalue weighted by Gasteiger charge is -2.27. The van der Waals surface area contributed by atoms with Crippen molar-refractivity contribution in [3.63, 3.8) is 0 Å². The van der Waals surface area contributed by atoms with Crippen molar-refractivity contribution in [2.24, 2.45) is 0 Å². The molecule has 0 amide bonds. The third kappa shape index (κ3) is 3.15. The number of fused-ring (bicyclic) bond motifs is 2. The molecule has 1 aromatic carbocycles. The SMILES string of the molecule is N=Cc1ccc2nnc(Cc3ccc4ncc(-c5cnn(C6CNC6)c5)cc4c3)n2n1. The Labute approximate surface area is 177 Å². The van der Waals surface area contributed by atoms with E-state index < -0.39 is 0 Å². The van der Waals surface area contributed by atoms with Crippen molar-refractivity contribution < 1.29 is 0 Å². The molecule has 1 saturated heterocycles. The molecule has 6 rings (SSSR count). The van der Waals surface area contributed by atoms with Crippen LogP contribution in [-0.4, -0.2) is 53.9 Å². The number of hydrogen-bond acceptors (Lipinski definition) is 7. The van der Waals surface area contributed by atoms with E-state index in [1.54, 1.807) is 10.6 Å². The molecule has 4 aromatic heterocycles. The zero-order chi connectivity index (χ0) is 20.8. The Morgan fingerprint density at radius 3 is 2.84 bits per heavy atom. The Morgan fingerprint density at radius 1 is 1.06 bits per heavy atom. The van der Waals surface area contributed by atoms with E-state index >= 15 is 0 Å². The van der Waals surface area contributed by atoms with Gasteiger partial charge in [-0.15, -0.1) is 10.2 Å². The van der Waals surface area contributed by atoms with E-state index in [1.807, 2.05) is 29.2 Å². The standard InChI is InChI=1S/C22H19N9/c23-8-18-2-4-21-27-28-22(31(21)29-18)6-14-1-3-20-15(5-14)7-16(9-25-20)17-10-26-30(13-17)19-11-24-12-19/h1-5,7-10,13,19,23-24H,6,11-12H2. The van der Waals surface area contributed by atoms with Crippen molar-refractivity contribution in [3.8, 4) is 11.1 Å². The summed E-state index contributed by atoms with van der Waals surface area (Å²) in [6.45, 7) is 1.93. The van der Waals surface area contributed by atoms with Crippen LogP contribution in [0.4, 0.5) is 0 Å². The van der Waals surface area contributed by atoms with E-state index in [2.05, 4.69) is 55.1 Å². The van der Waals surface area contributed by atoms with E-state index in [1.165, 1.54) is 6.21 Å². The van der Waals surface area contributed by atoms with E-state index in [-0.39, 0.29) is 0 Å². The fourth-order valence-corrected chi connectivity index (χ4v) is 3.81. The molecule has 31 heavy (non-hydrogen) atoms. The predicted molar refractivity (Wildman–Crippen MR) is 116 cm³/mol. The molecule has 9 nitrogen and oxygen atoms in total. The smallest absolute Gasteiger partial charge is 0.177 e. The van der Waals surface area contributed by atoms with Gasteiger partial charge in [-0.25, -0.2) is 0 Å². The highest BCUT2D eigenvalue weighted by atomic mass is 15.4. The van der Waals surface area contributed by atoms with Crippen molar-refractivity contribution in [1.29, 1.82) is 5.41 Å². The van der Waals surface area contributed by atoms with Crippen LogP contribution in [0.5, 0.6) is 0 Å². The molecule has 152 valence electrons. The Morgan fingerprint density at radius 2 is 2.00 bits per heavy atom. The fourth-order valence-electron chi connectivity index (χ4n) is 3.81. The molecular formula is C22H19N9. The maximum absolute atomic E-state index is 7.43. The number of pyridine rings is 1. The van der Waals surface area contributed by atoms with E-state index in [0.29, 0.717) is 23.8 Å². The van der Waals surface area contributed by atoms with Crippen molar-refractivity contribution in [1.82, 2.24) is 39.9 Å².